The Morgan fingerprint density at radius 2 is 2.00 bits per heavy atom. The molecule has 0 radical (unpaired) electrons. The van der Waals surface area contributed by atoms with Gasteiger partial charge in [-0.05, 0) is 5.56 Å². The van der Waals surface area contributed by atoms with E-state index < -0.39 is 33.0 Å². The summed E-state index contributed by atoms with van der Waals surface area (Å²) in [5.41, 5.74) is -0.369. The molecule has 96 valence electrons. The summed E-state index contributed by atoms with van der Waals surface area (Å²) in [6.07, 6.45) is 0. The molecule has 1 aliphatic carbocycles. The molecular formula is C13H15NO3S. The maximum absolute atomic E-state index is 12.0. The highest BCUT2D eigenvalue weighted by Crippen LogP contribution is 2.62. The van der Waals surface area contributed by atoms with Gasteiger partial charge in [0.1, 0.15) is 5.41 Å². The van der Waals surface area contributed by atoms with Gasteiger partial charge >= 0.3 is 0 Å². The summed E-state index contributed by atoms with van der Waals surface area (Å²) >= 11 is 0. The lowest BCUT2D eigenvalue weighted by molar-refractivity contribution is 0.242. The second-order valence-electron chi connectivity index (χ2n) is 4.57. The zero-order valence-electron chi connectivity index (χ0n) is 10.1. The van der Waals surface area contributed by atoms with E-state index in [1.54, 1.807) is 19.1 Å². The Bertz CT molecular complexity index is 576. The molecule has 0 aliphatic heterocycles. The van der Waals surface area contributed by atoms with Gasteiger partial charge in [0.05, 0.1) is 17.9 Å². The van der Waals surface area contributed by atoms with Gasteiger partial charge in [-0.15, -0.1) is 0 Å². The summed E-state index contributed by atoms with van der Waals surface area (Å²) in [7, 11) is -3.34. The average molecular weight is 265 g/mol. The van der Waals surface area contributed by atoms with Crippen LogP contribution in [0, 0.1) is 16.7 Å². The molecule has 5 heteroatoms. The molecule has 1 saturated carbocycles. The van der Waals surface area contributed by atoms with Crippen molar-refractivity contribution in [1.82, 2.24) is 0 Å². The summed E-state index contributed by atoms with van der Waals surface area (Å²) in [4.78, 5) is 0. The van der Waals surface area contributed by atoms with E-state index in [0.29, 0.717) is 0 Å². The van der Waals surface area contributed by atoms with Gasteiger partial charge in [0, 0.05) is 11.7 Å². The number of hydrogen-bond acceptors (Lipinski definition) is 4. The molecule has 0 bridgehead atoms. The molecule has 1 aromatic carbocycles. The van der Waals surface area contributed by atoms with Crippen molar-refractivity contribution in [1.29, 1.82) is 5.26 Å². The predicted octanol–water partition coefficient (Wildman–Crippen LogP) is 1.09. The van der Waals surface area contributed by atoms with Crippen molar-refractivity contribution < 1.29 is 13.5 Å². The monoisotopic (exact) mass is 265 g/mol. The van der Waals surface area contributed by atoms with Crippen LogP contribution in [0.1, 0.15) is 18.4 Å². The highest BCUT2D eigenvalue weighted by atomic mass is 32.2. The van der Waals surface area contributed by atoms with Gasteiger partial charge in [0.15, 0.2) is 9.84 Å². The number of aliphatic hydroxyl groups excluding tert-OH is 1. The Hall–Kier alpha value is -1.38. The van der Waals surface area contributed by atoms with Gasteiger partial charge in [0.25, 0.3) is 0 Å². The third kappa shape index (κ3) is 1.73. The van der Waals surface area contributed by atoms with Crippen molar-refractivity contribution in [2.75, 3.05) is 12.4 Å². The van der Waals surface area contributed by atoms with Crippen molar-refractivity contribution in [3.8, 4) is 6.07 Å². The Labute approximate surface area is 107 Å². The number of nitrogens with zero attached hydrogens (tertiary/aromatic N) is 1. The fourth-order valence-corrected chi connectivity index (χ4v) is 4.61. The average Bonchev–Trinajstić information content (AvgIpc) is 3.10. The lowest BCUT2D eigenvalue weighted by Crippen LogP contribution is -2.19. The molecule has 1 N–H and O–H groups in total. The van der Waals surface area contributed by atoms with Crippen LogP contribution in [0.15, 0.2) is 30.3 Å². The molecule has 0 amide bonds. The van der Waals surface area contributed by atoms with Crippen LogP contribution in [0.2, 0.25) is 0 Å². The zero-order chi connectivity index (χ0) is 13.4. The van der Waals surface area contributed by atoms with Crippen molar-refractivity contribution in [3.63, 3.8) is 0 Å². The molecule has 1 aromatic rings. The molecule has 4 nitrogen and oxygen atoms in total. The van der Waals surface area contributed by atoms with E-state index in [9.17, 15) is 18.8 Å². The Kier molecular flexibility index (Phi) is 3.18. The molecule has 1 fully saturated rings. The van der Waals surface area contributed by atoms with Crippen LogP contribution in [0.5, 0.6) is 0 Å². The quantitative estimate of drug-likeness (QED) is 0.884. The highest BCUT2D eigenvalue weighted by Gasteiger charge is 2.71. The maximum Gasteiger partial charge on any atom is 0.155 e. The van der Waals surface area contributed by atoms with Crippen LogP contribution in [0.25, 0.3) is 0 Å². The lowest BCUT2D eigenvalue weighted by atomic mass is 10.0. The van der Waals surface area contributed by atoms with E-state index in [4.69, 9.17) is 0 Å². The van der Waals surface area contributed by atoms with Crippen LogP contribution in [-0.4, -0.2) is 31.1 Å². The predicted molar refractivity (Wildman–Crippen MR) is 67.6 cm³/mol. The van der Waals surface area contributed by atoms with Crippen LogP contribution < -0.4 is 0 Å². The molecule has 3 atom stereocenters. The third-order valence-corrected chi connectivity index (χ3v) is 5.95. The minimum atomic E-state index is -3.34. The normalized spacial score (nSPS) is 30.7. The van der Waals surface area contributed by atoms with Crippen molar-refractivity contribution in [3.05, 3.63) is 35.9 Å². The first-order valence-corrected chi connectivity index (χ1v) is 7.53. The van der Waals surface area contributed by atoms with Gasteiger partial charge < -0.3 is 5.11 Å². The van der Waals surface area contributed by atoms with Crippen LogP contribution in [0.4, 0.5) is 0 Å². The second-order valence-corrected chi connectivity index (χ2v) is 6.98. The first-order valence-electron chi connectivity index (χ1n) is 5.82. The van der Waals surface area contributed by atoms with E-state index in [1.807, 2.05) is 24.3 Å². The molecule has 0 aromatic heterocycles. The third-order valence-electron chi connectivity index (χ3n) is 3.67. The number of aliphatic hydroxyl groups is 1. The molecule has 0 saturated heterocycles. The zero-order valence-corrected chi connectivity index (χ0v) is 10.9. The first kappa shape index (κ1) is 13.1. The molecule has 2 rings (SSSR count). The van der Waals surface area contributed by atoms with Gasteiger partial charge in [0.2, 0.25) is 0 Å². The number of hydrogen-bond donors (Lipinski definition) is 1. The van der Waals surface area contributed by atoms with E-state index in [-0.39, 0.29) is 5.75 Å². The molecule has 3 unspecified atom stereocenters. The summed E-state index contributed by atoms with van der Waals surface area (Å²) in [6, 6.07) is 11.1. The standard InChI is InChI=1S/C13H15NO3S/c1-2-18(16,17)12-11(13(12,8-14)9-15)10-6-4-3-5-7-10/h3-7,11-12,15H,2,9H2,1H3. The van der Waals surface area contributed by atoms with Gasteiger partial charge in [-0.25, -0.2) is 8.42 Å². The van der Waals surface area contributed by atoms with E-state index in [1.165, 1.54) is 0 Å². The Balaban J connectivity index is 2.46. The number of benzene rings is 1. The maximum atomic E-state index is 12.0. The van der Waals surface area contributed by atoms with Gasteiger partial charge in [-0.1, -0.05) is 37.3 Å². The summed E-state index contributed by atoms with van der Waals surface area (Å²) in [5, 5.41) is 17.9. The van der Waals surface area contributed by atoms with Crippen molar-refractivity contribution in [2.45, 2.75) is 18.1 Å². The smallest absolute Gasteiger partial charge is 0.155 e. The van der Waals surface area contributed by atoms with Crippen molar-refractivity contribution in [2.24, 2.45) is 5.41 Å². The van der Waals surface area contributed by atoms with Gasteiger partial charge in [-0.2, -0.15) is 5.26 Å². The summed E-state index contributed by atoms with van der Waals surface area (Å²) in [6.45, 7) is 1.14. The van der Waals surface area contributed by atoms with Crippen LogP contribution in [-0.2, 0) is 9.84 Å². The SMILES string of the molecule is CCS(=O)(=O)C1C(c2ccccc2)C1(C#N)CO. The lowest BCUT2D eigenvalue weighted by Gasteiger charge is -2.03. The molecule has 18 heavy (non-hydrogen) atoms. The number of sulfone groups is 1. The highest BCUT2D eigenvalue weighted by molar-refractivity contribution is 7.92. The molecular weight excluding hydrogens is 250 g/mol. The largest absolute Gasteiger partial charge is 0.395 e. The second kappa shape index (κ2) is 4.38. The Morgan fingerprint density at radius 1 is 1.39 bits per heavy atom. The van der Waals surface area contributed by atoms with Crippen LogP contribution >= 0.6 is 0 Å². The van der Waals surface area contributed by atoms with Crippen LogP contribution in [0.3, 0.4) is 0 Å². The van der Waals surface area contributed by atoms with Gasteiger partial charge in [-0.3, -0.25) is 0 Å². The minimum Gasteiger partial charge on any atom is -0.395 e. The van der Waals surface area contributed by atoms with E-state index in [0.717, 1.165) is 5.56 Å². The summed E-state index contributed by atoms with van der Waals surface area (Å²) < 4.78 is 24.0. The van der Waals surface area contributed by atoms with E-state index in [2.05, 4.69) is 0 Å². The molecule has 0 spiro atoms. The topological polar surface area (TPSA) is 78.2 Å². The number of nitriles is 1. The van der Waals surface area contributed by atoms with Crippen molar-refractivity contribution >= 4 is 9.84 Å². The molecule has 0 heterocycles. The summed E-state index contributed by atoms with van der Waals surface area (Å²) in [5.74, 6) is -0.427. The minimum absolute atomic E-state index is 0.00949. The molecule has 1 aliphatic rings. The van der Waals surface area contributed by atoms with E-state index >= 15 is 0 Å². The Morgan fingerprint density at radius 3 is 2.44 bits per heavy atom. The number of rotatable bonds is 4. The fraction of sp³-hybridized carbons (Fsp3) is 0.462. The fourth-order valence-electron chi connectivity index (χ4n) is 2.60. The first-order chi connectivity index (χ1) is 8.53.